The van der Waals surface area contributed by atoms with Crippen LogP contribution in [0.15, 0.2) is 71.6 Å². The van der Waals surface area contributed by atoms with Crippen molar-refractivity contribution >= 4 is 33.2 Å². The molecule has 0 atom stereocenters. The molecule has 3 aromatic rings. The molecule has 3 aromatic carbocycles. The van der Waals surface area contributed by atoms with Crippen LogP contribution in [0.2, 0.25) is 5.02 Å². The van der Waals surface area contributed by atoms with Crippen molar-refractivity contribution in [3.63, 3.8) is 0 Å². The van der Waals surface area contributed by atoms with Crippen molar-refractivity contribution < 1.29 is 17.9 Å². The number of carbonyl (C=O) groups excluding carboxylic acids is 1. The van der Waals surface area contributed by atoms with Crippen LogP contribution in [0, 0.1) is 20.8 Å². The smallest absolute Gasteiger partial charge is 0.264 e. The molecule has 0 fully saturated rings. The van der Waals surface area contributed by atoms with Crippen LogP contribution in [0.3, 0.4) is 0 Å². The van der Waals surface area contributed by atoms with Gasteiger partial charge in [0.1, 0.15) is 18.9 Å². The van der Waals surface area contributed by atoms with E-state index in [0.717, 1.165) is 21.2 Å². The maximum absolute atomic E-state index is 13.4. The number of nitrogens with one attached hydrogen (secondary N) is 1. The number of amides is 1. The van der Waals surface area contributed by atoms with Gasteiger partial charge in [0, 0.05) is 5.02 Å². The van der Waals surface area contributed by atoms with Gasteiger partial charge in [-0.15, -0.1) is 0 Å². The number of hydrogen-bond acceptors (Lipinski definition) is 4. The molecule has 0 spiro atoms. The third-order valence-electron chi connectivity index (χ3n) is 4.93. The standard InChI is InChI=1S/C25H27ClN2O4S/c1-18-13-19(2)15-22(14-18)32-12-11-27-25(29)17-28(24-10-9-21(26)16-20(24)3)33(30,31)23-7-5-4-6-8-23/h4-10,13-16H,11-12,17H2,1-3H3,(H,27,29). The summed E-state index contributed by atoms with van der Waals surface area (Å²) in [7, 11) is -3.97. The Balaban J connectivity index is 1.72. The molecule has 0 aliphatic rings. The predicted molar refractivity (Wildman–Crippen MR) is 132 cm³/mol. The van der Waals surface area contributed by atoms with Gasteiger partial charge in [-0.1, -0.05) is 35.9 Å². The Bertz CT molecular complexity index is 1210. The van der Waals surface area contributed by atoms with Crippen LogP contribution < -0.4 is 14.4 Å². The quantitative estimate of drug-likeness (QED) is 0.446. The Hall–Kier alpha value is -3.03. The Labute approximate surface area is 200 Å². The fraction of sp³-hybridized carbons (Fsp3) is 0.240. The van der Waals surface area contributed by atoms with Crippen LogP contribution in [0.1, 0.15) is 16.7 Å². The van der Waals surface area contributed by atoms with Gasteiger partial charge in [-0.05, 0) is 79.9 Å². The molecule has 0 bridgehead atoms. The highest BCUT2D eigenvalue weighted by molar-refractivity contribution is 7.92. The number of benzene rings is 3. The lowest BCUT2D eigenvalue weighted by molar-refractivity contribution is -0.119. The van der Waals surface area contributed by atoms with Crippen LogP contribution in [0.5, 0.6) is 5.75 Å². The van der Waals surface area contributed by atoms with E-state index >= 15 is 0 Å². The van der Waals surface area contributed by atoms with Gasteiger partial charge in [-0.3, -0.25) is 9.10 Å². The zero-order valence-corrected chi connectivity index (χ0v) is 20.4. The van der Waals surface area contributed by atoms with Gasteiger partial charge >= 0.3 is 0 Å². The van der Waals surface area contributed by atoms with E-state index in [2.05, 4.69) is 11.4 Å². The number of nitrogens with zero attached hydrogens (tertiary/aromatic N) is 1. The fourth-order valence-corrected chi connectivity index (χ4v) is 5.21. The monoisotopic (exact) mass is 486 g/mol. The molecule has 0 aliphatic heterocycles. The predicted octanol–water partition coefficient (Wildman–Crippen LogP) is 4.66. The van der Waals surface area contributed by atoms with Crippen LogP contribution >= 0.6 is 11.6 Å². The molecule has 0 aliphatic carbocycles. The first kappa shape index (κ1) is 24.6. The van der Waals surface area contributed by atoms with E-state index in [4.69, 9.17) is 16.3 Å². The summed E-state index contributed by atoms with van der Waals surface area (Å²) in [6, 6.07) is 18.8. The molecule has 0 unspecified atom stereocenters. The third kappa shape index (κ3) is 6.49. The molecule has 0 heterocycles. The molecule has 6 nitrogen and oxygen atoms in total. The summed E-state index contributed by atoms with van der Waals surface area (Å²) in [5.74, 6) is 0.291. The number of rotatable bonds is 9. The molecule has 0 radical (unpaired) electrons. The van der Waals surface area contributed by atoms with E-state index in [1.165, 1.54) is 12.1 Å². The average Bonchev–Trinajstić information content (AvgIpc) is 2.75. The molecule has 1 amide bonds. The second kappa shape index (κ2) is 10.7. The van der Waals surface area contributed by atoms with Crippen molar-refractivity contribution in [3.05, 3.63) is 88.4 Å². The largest absolute Gasteiger partial charge is 0.492 e. The molecule has 8 heteroatoms. The Kier molecular flexibility index (Phi) is 8.00. The lowest BCUT2D eigenvalue weighted by Gasteiger charge is -2.25. The SMILES string of the molecule is Cc1cc(C)cc(OCCNC(=O)CN(c2ccc(Cl)cc2C)S(=O)(=O)c2ccccc2)c1. The molecule has 0 saturated carbocycles. The van der Waals surface area contributed by atoms with E-state index in [0.29, 0.717) is 16.3 Å². The fourth-order valence-electron chi connectivity index (χ4n) is 3.48. The van der Waals surface area contributed by atoms with Gasteiger partial charge in [0.25, 0.3) is 10.0 Å². The van der Waals surface area contributed by atoms with Crippen molar-refractivity contribution in [1.82, 2.24) is 5.32 Å². The molecular weight excluding hydrogens is 460 g/mol. The molecule has 1 N–H and O–H groups in total. The first-order chi connectivity index (χ1) is 15.7. The highest BCUT2D eigenvalue weighted by atomic mass is 35.5. The van der Waals surface area contributed by atoms with Crippen LogP contribution in [-0.4, -0.2) is 34.0 Å². The minimum atomic E-state index is -3.97. The van der Waals surface area contributed by atoms with Crippen molar-refractivity contribution in [3.8, 4) is 5.75 Å². The number of carbonyl (C=O) groups is 1. The van der Waals surface area contributed by atoms with Crippen molar-refractivity contribution in [2.75, 3.05) is 24.0 Å². The van der Waals surface area contributed by atoms with Crippen LogP contribution in [0.25, 0.3) is 0 Å². The second-order valence-electron chi connectivity index (χ2n) is 7.78. The van der Waals surface area contributed by atoms with Crippen molar-refractivity contribution in [2.24, 2.45) is 0 Å². The molecule has 0 aromatic heterocycles. The van der Waals surface area contributed by atoms with E-state index in [1.54, 1.807) is 43.3 Å². The molecular formula is C25H27ClN2O4S. The minimum Gasteiger partial charge on any atom is -0.492 e. The summed E-state index contributed by atoms with van der Waals surface area (Å²) in [5, 5.41) is 3.23. The van der Waals surface area contributed by atoms with Crippen LogP contribution in [0.4, 0.5) is 5.69 Å². The third-order valence-corrected chi connectivity index (χ3v) is 6.94. The summed E-state index contributed by atoms with van der Waals surface area (Å²) in [6.45, 7) is 5.86. The zero-order chi connectivity index (χ0) is 24.0. The molecule has 3 rings (SSSR count). The summed E-state index contributed by atoms with van der Waals surface area (Å²) in [4.78, 5) is 12.8. The highest BCUT2D eigenvalue weighted by Gasteiger charge is 2.28. The number of sulfonamides is 1. The first-order valence-electron chi connectivity index (χ1n) is 10.5. The molecule has 174 valence electrons. The van der Waals surface area contributed by atoms with Gasteiger partial charge in [0.05, 0.1) is 17.1 Å². The Morgan fingerprint density at radius 1 is 0.970 bits per heavy atom. The molecule has 33 heavy (non-hydrogen) atoms. The zero-order valence-electron chi connectivity index (χ0n) is 18.8. The van der Waals surface area contributed by atoms with Gasteiger partial charge in [0.15, 0.2) is 0 Å². The van der Waals surface area contributed by atoms with Gasteiger partial charge in [-0.2, -0.15) is 0 Å². The van der Waals surface area contributed by atoms with E-state index in [9.17, 15) is 13.2 Å². The van der Waals surface area contributed by atoms with Gasteiger partial charge in [0.2, 0.25) is 5.91 Å². The van der Waals surface area contributed by atoms with Crippen LogP contribution in [-0.2, 0) is 14.8 Å². The number of hydrogen-bond donors (Lipinski definition) is 1. The minimum absolute atomic E-state index is 0.102. The highest BCUT2D eigenvalue weighted by Crippen LogP contribution is 2.28. The molecule has 0 saturated heterocycles. The van der Waals surface area contributed by atoms with E-state index in [-0.39, 0.29) is 24.6 Å². The van der Waals surface area contributed by atoms with Crippen molar-refractivity contribution in [1.29, 1.82) is 0 Å². The number of halogens is 1. The maximum atomic E-state index is 13.4. The van der Waals surface area contributed by atoms with Crippen molar-refractivity contribution in [2.45, 2.75) is 25.7 Å². The summed E-state index contributed by atoms with van der Waals surface area (Å²) < 4.78 is 33.6. The lowest BCUT2D eigenvalue weighted by Crippen LogP contribution is -2.42. The normalized spacial score (nSPS) is 11.2. The number of anilines is 1. The summed E-state index contributed by atoms with van der Waals surface area (Å²) >= 11 is 6.05. The topological polar surface area (TPSA) is 75.7 Å². The Morgan fingerprint density at radius 2 is 1.64 bits per heavy atom. The Morgan fingerprint density at radius 3 is 2.27 bits per heavy atom. The summed E-state index contributed by atoms with van der Waals surface area (Å²) in [6.07, 6.45) is 0. The first-order valence-corrected chi connectivity index (χ1v) is 12.3. The number of ether oxygens (including phenoxy) is 1. The van der Waals surface area contributed by atoms with E-state index in [1.807, 2.05) is 26.0 Å². The van der Waals surface area contributed by atoms with Gasteiger partial charge < -0.3 is 10.1 Å². The lowest BCUT2D eigenvalue weighted by atomic mass is 10.1. The second-order valence-corrected chi connectivity index (χ2v) is 10.1. The van der Waals surface area contributed by atoms with E-state index < -0.39 is 15.9 Å². The average molecular weight is 487 g/mol. The van der Waals surface area contributed by atoms with Gasteiger partial charge in [-0.25, -0.2) is 8.42 Å². The maximum Gasteiger partial charge on any atom is 0.264 e. The summed E-state index contributed by atoms with van der Waals surface area (Å²) in [5.41, 5.74) is 3.22. The number of aryl methyl sites for hydroxylation is 3.